The van der Waals surface area contributed by atoms with Crippen LogP contribution in [0.1, 0.15) is 5.56 Å². The third-order valence-electron chi connectivity index (χ3n) is 3.72. The minimum atomic E-state index is 0.366. The topological polar surface area (TPSA) is 81.7 Å². The van der Waals surface area contributed by atoms with Crippen LogP contribution in [0, 0.1) is 0 Å². The normalized spacial score (nSPS) is 10.8. The minimum absolute atomic E-state index is 0.366. The van der Waals surface area contributed by atoms with Crippen molar-refractivity contribution >= 4 is 28.6 Å². The van der Waals surface area contributed by atoms with E-state index < -0.39 is 0 Å². The maximum atomic E-state index is 6.05. The van der Waals surface area contributed by atoms with Crippen molar-refractivity contribution in [1.82, 2.24) is 19.5 Å². The summed E-state index contributed by atoms with van der Waals surface area (Å²) in [5.41, 5.74) is 9.46. The highest BCUT2D eigenvalue weighted by Crippen LogP contribution is 2.21. The van der Waals surface area contributed by atoms with E-state index in [-0.39, 0.29) is 0 Å². The van der Waals surface area contributed by atoms with Gasteiger partial charge in [0.25, 0.3) is 0 Å². The number of nitrogen functional groups attached to an aromatic ring is 1. The molecule has 0 aliphatic rings. The van der Waals surface area contributed by atoms with Gasteiger partial charge in [-0.05, 0) is 17.7 Å². The molecule has 3 N–H and O–H groups in total. The maximum Gasteiger partial charge on any atom is 0.231 e. The molecule has 0 saturated heterocycles. The van der Waals surface area contributed by atoms with E-state index in [1.165, 1.54) is 5.56 Å². The average molecular weight is 316 g/mol. The van der Waals surface area contributed by atoms with Gasteiger partial charge in [0.15, 0.2) is 11.5 Å². The zero-order valence-corrected chi connectivity index (χ0v) is 12.9. The number of benzene rings is 2. The van der Waals surface area contributed by atoms with Crippen LogP contribution in [0.5, 0.6) is 0 Å². The molecule has 24 heavy (non-hydrogen) atoms. The van der Waals surface area contributed by atoms with E-state index in [0.717, 1.165) is 5.69 Å². The van der Waals surface area contributed by atoms with Crippen molar-refractivity contribution in [2.45, 2.75) is 6.54 Å². The summed E-state index contributed by atoms with van der Waals surface area (Å²) in [5.74, 6) is 0.825. The zero-order chi connectivity index (χ0) is 16.4. The van der Waals surface area contributed by atoms with Crippen molar-refractivity contribution < 1.29 is 0 Å². The van der Waals surface area contributed by atoms with Gasteiger partial charge in [-0.25, -0.2) is 4.98 Å². The highest BCUT2D eigenvalue weighted by molar-refractivity contribution is 5.83. The van der Waals surface area contributed by atoms with Crippen LogP contribution in [-0.4, -0.2) is 19.5 Å². The molecule has 2 aromatic heterocycles. The Morgan fingerprint density at radius 3 is 2.38 bits per heavy atom. The number of nitrogens with zero attached hydrogens (tertiary/aromatic N) is 4. The molecule has 0 fully saturated rings. The molecule has 0 atom stereocenters. The summed E-state index contributed by atoms with van der Waals surface area (Å²) in [6.45, 7) is 0.679. The van der Waals surface area contributed by atoms with Gasteiger partial charge in [0.2, 0.25) is 5.95 Å². The molecule has 0 aliphatic heterocycles. The van der Waals surface area contributed by atoms with Gasteiger partial charge < -0.3 is 15.6 Å². The van der Waals surface area contributed by atoms with Crippen molar-refractivity contribution in [3.8, 4) is 0 Å². The summed E-state index contributed by atoms with van der Waals surface area (Å²) >= 11 is 0. The number of hydrogen-bond donors (Lipinski definition) is 2. The van der Waals surface area contributed by atoms with E-state index in [1.54, 1.807) is 6.33 Å². The van der Waals surface area contributed by atoms with Crippen LogP contribution in [0.4, 0.5) is 17.5 Å². The Kier molecular flexibility index (Phi) is 3.55. The van der Waals surface area contributed by atoms with Crippen molar-refractivity contribution in [3.63, 3.8) is 0 Å². The van der Waals surface area contributed by atoms with Gasteiger partial charge in [0.05, 0.1) is 12.9 Å². The van der Waals surface area contributed by atoms with Crippen LogP contribution in [0.25, 0.3) is 11.2 Å². The zero-order valence-electron chi connectivity index (χ0n) is 12.9. The van der Waals surface area contributed by atoms with E-state index in [0.29, 0.717) is 29.5 Å². The smallest absolute Gasteiger partial charge is 0.231 e. The van der Waals surface area contributed by atoms with Gasteiger partial charge in [0.1, 0.15) is 5.52 Å². The lowest BCUT2D eigenvalue weighted by molar-refractivity contribution is 0.814. The first-order chi connectivity index (χ1) is 11.8. The molecule has 0 bridgehead atoms. The predicted molar refractivity (Wildman–Crippen MR) is 95.0 cm³/mol. The number of nitrogens with one attached hydrogen (secondary N) is 1. The summed E-state index contributed by atoms with van der Waals surface area (Å²) < 4.78 is 1.97. The number of nitrogens with two attached hydrogens (primary N) is 1. The molecule has 4 aromatic rings. The first kappa shape index (κ1) is 14.2. The lowest BCUT2D eigenvalue weighted by atomic mass is 10.2. The Balaban J connectivity index is 1.71. The Labute approximate surface area is 139 Å². The fourth-order valence-corrected chi connectivity index (χ4v) is 2.57. The van der Waals surface area contributed by atoms with Crippen LogP contribution in [0.2, 0.25) is 0 Å². The molecule has 6 nitrogen and oxygen atoms in total. The monoisotopic (exact) mass is 316 g/mol. The number of fused-ring (bicyclic) bond motifs is 1. The molecule has 2 aromatic carbocycles. The predicted octanol–water partition coefficient (Wildman–Crippen LogP) is 3.20. The molecule has 0 aliphatic carbocycles. The standard InChI is InChI=1S/C18H16N6/c19-16-15-17(23-18(22-16)21-14-9-5-2-6-10-14)24(12-20-15)11-13-7-3-1-4-8-13/h1-10,12H,11H2,(H3,19,21,22,23). The largest absolute Gasteiger partial charge is 0.382 e. The van der Waals surface area contributed by atoms with Gasteiger partial charge in [-0.2, -0.15) is 9.97 Å². The average Bonchev–Trinajstić information content (AvgIpc) is 3.00. The van der Waals surface area contributed by atoms with Gasteiger partial charge in [-0.1, -0.05) is 48.5 Å². The van der Waals surface area contributed by atoms with E-state index >= 15 is 0 Å². The third-order valence-corrected chi connectivity index (χ3v) is 3.72. The van der Waals surface area contributed by atoms with Crippen molar-refractivity contribution in [2.24, 2.45) is 0 Å². The maximum absolute atomic E-state index is 6.05. The van der Waals surface area contributed by atoms with Crippen LogP contribution >= 0.6 is 0 Å². The quantitative estimate of drug-likeness (QED) is 0.604. The van der Waals surface area contributed by atoms with Crippen molar-refractivity contribution in [2.75, 3.05) is 11.1 Å². The second-order valence-corrected chi connectivity index (χ2v) is 5.45. The number of para-hydroxylation sites is 1. The van der Waals surface area contributed by atoms with Crippen LogP contribution in [0.3, 0.4) is 0 Å². The Hall–Kier alpha value is -3.41. The van der Waals surface area contributed by atoms with Gasteiger partial charge in [-0.3, -0.25) is 0 Å². The first-order valence-electron chi connectivity index (χ1n) is 7.64. The van der Waals surface area contributed by atoms with Gasteiger partial charge in [-0.15, -0.1) is 0 Å². The van der Waals surface area contributed by atoms with Crippen LogP contribution < -0.4 is 11.1 Å². The van der Waals surface area contributed by atoms with Gasteiger partial charge in [0, 0.05) is 5.69 Å². The molecule has 118 valence electrons. The molecule has 0 saturated carbocycles. The van der Waals surface area contributed by atoms with Crippen LogP contribution in [0.15, 0.2) is 67.0 Å². The molecule has 0 amide bonds. The summed E-state index contributed by atoms with van der Waals surface area (Å²) in [6.07, 6.45) is 1.75. The molecule has 4 rings (SSSR count). The number of imidazole rings is 1. The molecular formula is C18H16N6. The van der Waals surface area contributed by atoms with Crippen LogP contribution in [-0.2, 0) is 6.54 Å². The van der Waals surface area contributed by atoms with Crippen molar-refractivity contribution in [1.29, 1.82) is 0 Å². The second kappa shape index (κ2) is 6.00. The van der Waals surface area contributed by atoms with E-state index in [1.807, 2.05) is 53.1 Å². The van der Waals surface area contributed by atoms with E-state index in [9.17, 15) is 0 Å². The summed E-state index contributed by atoms with van der Waals surface area (Å²) in [5, 5.41) is 3.17. The molecule has 0 spiro atoms. The highest BCUT2D eigenvalue weighted by atomic mass is 15.2. The number of anilines is 3. The Morgan fingerprint density at radius 2 is 1.62 bits per heavy atom. The third kappa shape index (κ3) is 2.77. The summed E-state index contributed by atoms with van der Waals surface area (Å²) in [4.78, 5) is 13.2. The summed E-state index contributed by atoms with van der Waals surface area (Å²) in [7, 11) is 0. The SMILES string of the molecule is Nc1nc(Nc2ccccc2)nc2c1ncn2Cc1ccccc1. The molecule has 2 heterocycles. The Morgan fingerprint density at radius 1 is 0.917 bits per heavy atom. The molecule has 6 heteroatoms. The van der Waals surface area contributed by atoms with E-state index in [2.05, 4.69) is 32.4 Å². The number of hydrogen-bond acceptors (Lipinski definition) is 5. The van der Waals surface area contributed by atoms with E-state index in [4.69, 9.17) is 5.73 Å². The first-order valence-corrected chi connectivity index (χ1v) is 7.64. The minimum Gasteiger partial charge on any atom is -0.382 e. The Bertz CT molecular complexity index is 963. The second-order valence-electron chi connectivity index (χ2n) is 5.45. The lowest BCUT2D eigenvalue weighted by Crippen LogP contribution is -2.04. The molecular weight excluding hydrogens is 300 g/mol. The highest BCUT2D eigenvalue weighted by Gasteiger charge is 2.11. The lowest BCUT2D eigenvalue weighted by Gasteiger charge is -2.08. The number of rotatable bonds is 4. The molecule has 0 unspecified atom stereocenters. The van der Waals surface area contributed by atoms with Crippen molar-refractivity contribution in [3.05, 3.63) is 72.6 Å². The fourth-order valence-electron chi connectivity index (χ4n) is 2.57. The molecule has 0 radical (unpaired) electrons. The number of aromatic nitrogens is 4. The van der Waals surface area contributed by atoms with Gasteiger partial charge >= 0.3 is 0 Å². The summed E-state index contributed by atoms with van der Waals surface area (Å²) in [6, 6.07) is 19.9. The fraction of sp³-hybridized carbons (Fsp3) is 0.0556.